The monoisotopic (exact) mass is 271 g/mol. The third kappa shape index (κ3) is 3.71. The molecule has 0 saturated carbocycles. The van der Waals surface area contributed by atoms with Gasteiger partial charge in [0, 0.05) is 23.8 Å². The summed E-state index contributed by atoms with van der Waals surface area (Å²) < 4.78 is 4.53. The Balaban J connectivity index is 1.98. The molecule has 2 aromatic rings. The molecule has 1 aromatic heterocycles. The fourth-order valence-corrected chi connectivity index (χ4v) is 1.78. The maximum absolute atomic E-state index is 11.1. The van der Waals surface area contributed by atoms with Crippen LogP contribution in [0.2, 0.25) is 0 Å². The highest BCUT2D eigenvalue weighted by Crippen LogP contribution is 2.20. The van der Waals surface area contributed by atoms with Crippen molar-refractivity contribution in [1.29, 1.82) is 0 Å². The number of ether oxygens (including phenoxy) is 1. The number of carbonyl (C=O) groups is 1. The van der Waals surface area contributed by atoms with Gasteiger partial charge >= 0.3 is 6.09 Å². The van der Waals surface area contributed by atoms with E-state index in [9.17, 15) is 4.79 Å². The predicted molar refractivity (Wildman–Crippen MR) is 78.7 cm³/mol. The number of rotatable bonds is 4. The van der Waals surface area contributed by atoms with E-state index in [1.54, 1.807) is 6.20 Å². The second-order valence-electron chi connectivity index (χ2n) is 4.35. The molecule has 0 aliphatic heterocycles. The van der Waals surface area contributed by atoms with Crippen LogP contribution in [0.3, 0.4) is 0 Å². The average molecular weight is 271 g/mol. The topological polar surface area (TPSA) is 63.2 Å². The van der Waals surface area contributed by atoms with Crippen molar-refractivity contribution in [2.24, 2.45) is 0 Å². The summed E-state index contributed by atoms with van der Waals surface area (Å²) in [4.78, 5) is 15.2. The van der Waals surface area contributed by atoms with E-state index in [1.165, 1.54) is 7.11 Å². The van der Waals surface area contributed by atoms with Gasteiger partial charge in [0.1, 0.15) is 0 Å². The minimum absolute atomic E-state index is 0.156. The Labute approximate surface area is 118 Å². The van der Waals surface area contributed by atoms with Crippen LogP contribution in [0.5, 0.6) is 0 Å². The van der Waals surface area contributed by atoms with Crippen LogP contribution in [-0.4, -0.2) is 18.2 Å². The zero-order chi connectivity index (χ0) is 14.4. The number of amides is 1. The molecule has 2 N–H and O–H groups in total. The third-order valence-corrected chi connectivity index (χ3v) is 2.88. The smallest absolute Gasteiger partial charge is 0.411 e. The second-order valence-corrected chi connectivity index (χ2v) is 4.35. The summed E-state index contributed by atoms with van der Waals surface area (Å²) >= 11 is 0. The van der Waals surface area contributed by atoms with Crippen molar-refractivity contribution in [3.05, 3.63) is 54.4 Å². The molecule has 1 amide bonds. The van der Waals surface area contributed by atoms with E-state index in [4.69, 9.17) is 0 Å². The van der Waals surface area contributed by atoms with E-state index in [0.717, 1.165) is 11.3 Å². The summed E-state index contributed by atoms with van der Waals surface area (Å²) in [6, 6.07) is 11.5. The number of aromatic nitrogens is 1. The van der Waals surface area contributed by atoms with E-state index in [-0.39, 0.29) is 6.04 Å². The summed E-state index contributed by atoms with van der Waals surface area (Å²) in [6.07, 6.45) is 3.11. The van der Waals surface area contributed by atoms with Gasteiger partial charge in [-0.15, -0.1) is 0 Å². The highest BCUT2D eigenvalue weighted by atomic mass is 16.5. The number of nitrogens with one attached hydrogen (secondary N) is 2. The summed E-state index contributed by atoms with van der Waals surface area (Å²) in [5, 5.41) is 5.97. The number of hydrogen-bond acceptors (Lipinski definition) is 4. The predicted octanol–water partition coefficient (Wildman–Crippen LogP) is 3.43. The van der Waals surface area contributed by atoms with Gasteiger partial charge in [-0.3, -0.25) is 10.3 Å². The minimum atomic E-state index is -0.477. The highest BCUT2D eigenvalue weighted by molar-refractivity contribution is 5.84. The molecule has 2 rings (SSSR count). The highest BCUT2D eigenvalue weighted by Gasteiger charge is 2.05. The molecule has 1 heterocycles. The van der Waals surface area contributed by atoms with Crippen molar-refractivity contribution in [2.75, 3.05) is 17.7 Å². The average Bonchev–Trinajstić information content (AvgIpc) is 2.50. The largest absolute Gasteiger partial charge is 0.453 e. The van der Waals surface area contributed by atoms with Crippen molar-refractivity contribution in [3.63, 3.8) is 0 Å². The number of pyridine rings is 1. The van der Waals surface area contributed by atoms with Crippen molar-refractivity contribution >= 4 is 17.5 Å². The fraction of sp³-hybridized carbons (Fsp3) is 0.200. The number of carbonyl (C=O) groups excluding carboxylic acids is 1. The third-order valence-electron chi connectivity index (χ3n) is 2.88. The molecule has 0 saturated heterocycles. The zero-order valence-electron chi connectivity index (χ0n) is 11.5. The Bertz CT molecular complexity index is 555. The maximum Gasteiger partial charge on any atom is 0.411 e. The van der Waals surface area contributed by atoms with Crippen molar-refractivity contribution < 1.29 is 9.53 Å². The summed E-state index contributed by atoms with van der Waals surface area (Å²) in [5.41, 5.74) is 2.78. The van der Waals surface area contributed by atoms with Gasteiger partial charge in [0.05, 0.1) is 13.2 Å². The second kappa shape index (κ2) is 6.56. The van der Waals surface area contributed by atoms with Crippen LogP contribution in [0.1, 0.15) is 18.5 Å². The van der Waals surface area contributed by atoms with E-state index in [2.05, 4.69) is 27.3 Å². The molecule has 20 heavy (non-hydrogen) atoms. The lowest BCUT2D eigenvalue weighted by Gasteiger charge is -2.15. The van der Waals surface area contributed by atoms with E-state index < -0.39 is 6.09 Å². The van der Waals surface area contributed by atoms with E-state index >= 15 is 0 Å². The van der Waals surface area contributed by atoms with Gasteiger partial charge in [0.15, 0.2) is 0 Å². The zero-order valence-corrected chi connectivity index (χ0v) is 11.5. The van der Waals surface area contributed by atoms with Crippen LogP contribution in [0.25, 0.3) is 0 Å². The van der Waals surface area contributed by atoms with Crippen LogP contribution in [0.4, 0.5) is 16.2 Å². The molecule has 1 atom stereocenters. The molecule has 104 valence electrons. The first-order valence-corrected chi connectivity index (χ1v) is 6.30. The normalized spacial score (nSPS) is 11.5. The van der Waals surface area contributed by atoms with Gasteiger partial charge in [-0.2, -0.15) is 0 Å². The molecule has 5 heteroatoms. The van der Waals surface area contributed by atoms with Gasteiger partial charge in [-0.25, -0.2) is 4.79 Å². The fourth-order valence-electron chi connectivity index (χ4n) is 1.78. The first-order valence-electron chi connectivity index (χ1n) is 6.30. The van der Waals surface area contributed by atoms with Gasteiger partial charge in [-0.1, -0.05) is 6.07 Å². The first kappa shape index (κ1) is 13.9. The molecule has 0 fully saturated rings. The molecule has 0 bridgehead atoms. The van der Waals surface area contributed by atoms with Crippen LogP contribution in [0.15, 0.2) is 48.8 Å². The first-order chi connectivity index (χ1) is 9.69. The quantitative estimate of drug-likeness (QED) is 0.894. The molecule has 5 nitrogen and oxygen atoms in total. The summed E-state index contributed by atoms with van der Waals surface area (Å²) in [5.74, 6) is 0. The minimum Gasteiger partial charge on any atom is -0.453 e. The molecule has 0 spiro atoms. The van der Waals surface area contributed by atoms with Crippen LogP contribution in [0, 0.1) is 0 Å². The lowest BCUT2D eigenvalue weighted by Crippen LogP contribution is -2.11. The molecular weight excluding hydrogens is 254 g/mol. The van der Waals surface area contributed by atoms with Crippen LogP contribution in [-0.2, 0) is 4.74 Å². The van der Waals surface area contributed by atoms with Gasteiger partial charge in [0.2, 0.25) is 0 Å². The van der Waals surface area contributed by atoms with E-state index in [0.29, 0.717) is 5.69 Å². The van der Waals surface area contributed by atoms with Crippen LogP contribution < -0.4 is 10.6 Å². The summed E-state index contributed by atoms with van der Waals surface area (Å²) in [6.45, 7) is 2.07. The van der Waals surface area contributed by atoms with Gasteiger partial charge in [-0.05, 0) is 42.8 Å². The van der Waals surface area contributed by atoms with Gasteiger partial charge < -0.3 is 10.1 Å². The number of anilines is 2. The summed E-state index contributed by atoms with van der Waals surface area (Å²) in [7, 11) is 1.33. The Hall–Kier alpha value is -2.56. The Kier molecular flexibility index (Phi) is 4.55. The van der Waals surface area contributed by atoms with Crippen LogP contribution >= 0.6 is 0 Å². The molecule has 1 aromatic carbocycles. The SMILES string of the molecule is COC(=O)Nc1ccc(NC(C)c2cccnc2)cc1. The number of benzene rings is 1. The lowest BCUT2D eigenvalue weighted by atomic mass is 10.1. The molecule has 0 aliphatic carbocycles. The molecule has 0 radical (unpaired) electrons. The Morgan fingerprint density at radius 2 is 1.90 bits per heavy atom. The number of methoxy groups -OCH3 is 1. The standard InChI is InChI=1S/C15H17N3O2/c1-11(12-4-3-9-16-10-12)17-13-5-7-14(8-6-13)18-15(19)20-2/h3-11,17H,1-2H3,(H,18,19). The van der Waals surface area contributed by atoms with Gasteiger partial charge in [0.25, 0.3) is 0 Å². The molecule has 0 aliphatic rings. The molecule has 1 unspecified atom stereocenters. The number of nitrogens with zero attached hydrogens (tertiary/aromatic N) is 1. The Morgan fingerprint density at radius 3 is 2.50 bits per heavy atom. The lowest BCUT2D eigenvalue weighted by molar-refractivity contribution is 0.187. The number of hydrogen-bond donors (Lipinski definition) is 2. The van der Waals surface area contributed by atoms with Crippen molar-refractivity contribution in [1.82, 2.24) is 4.98 Å². The Morgan fingerprint density at radius 1 is 1.20 bits per heavy atom. The van der Waals surface area contributed by atoms with Crippen molar-refractivity contribution in [2.45, 2.75) is 13.0 Å². The maximum atomic E-state index is 11.1. The van der Waals surface area contributed by atoms with E-state index in [1.807, 2.05) is 42.6 Å². The van der Waals surface area contributed by atoms with Crippen molar-refractivity contribution in [3.8, 4) is 0 Å². The molecular formula is C15H17N3O2.